The molecule has 7 nitrogen and oxygen atoms in total. The van der Waals surface area contributed by atoms with Crippen LogP contribution in [-0.4, -0.2) is 53.4 Å². The molecule has 0 radical (unpaired) electrons. The molecule has 8 heteroatoms. The van der Waals surface area contributed by atoms with Crippen LogP contribution in [0.15, 0.2) is 12.3 Å². The monoisotopic (exact) mass is 284 g/mol. The molecule has 1 aromatic rings. The van der Waals surface area contributed by atoms with Crippen molar-refractivity contribution in [1.82, 2.24) is 9.88 Å². The molecule has 0 aliphatic carbocycles. The van der Waals surface area contributed by atoms with Gasteiger partial charge in [-0.25, -0.2) is 4.98 Å². The van der Waals surface area contributed by atoms with Gasteiger partial charge in [0.25, 0.3) is 11.6 Å². The number of anilines is 1. The van der Waals surface area contributed by atoms with E-state index in [1.165, 1.54) is 11.0 Å². The number of hydrogen-bond acceptors (Lipinski definition) is 6. The maximum atomic E-state index is 12.2. The summed E-state index contributed by atoms with van der Waals surface area (Å²) in [4.78, 5) is 27.8. The molecule has 0 atom stereocenters. The lowest BCUT2D eigenvalue weighted by molar-refractivity contribution is -0.385. The van der Waals surface area contributed by atoms with Gasteiger partial charge in [0.1, 0.15) is 12.0 Å². The highest BCUT2D eigenvalue weighted by Gasteiger charge is 2.20. The third-order valence-corrected chi connectivity index (χ3v) is 3.12. The van der Waals surface area contributed by atoms with Crippen LogP contribution < -0.4 is 5.32 Å². The van der Waals surface area contributed by atoms with E-state index in [9.17, 15) is 14.9 Å². The Bertz CT molecular complexity index is 481. The van der Waals surface area contributed by atoms with Crippen LogP contribution in [0.25, 0.3) is 0 Å². The molecular formula is C11H16N4O3S. The molecule has 1 heterocycles. The maximum absolute atomic E-state index is 12.2. The number of pyridine rings is 1. The number of aromatic nitrogens is 1. The first-order valence-electron chi connectivity index (χ1n) is 5.57. The fourth-order valence-corrected chi connectivity index (χ4v) is 1.91. The zero-order valence-electron chi connectivity index (χ0n) is 11.0. The van der Waals surface area contributed by atoms with Gasteiger partial charge >= 0.3 is 0 Å². The van der Waals surface area contributed by atoms with Crippen LogP contribution in [0.4, 0.5) is 11.5 Å². The van der Waals surface area contributed by atoms with E-state index in [1.54, 1.807) is 25.9 Å². The van der Waals surface area contributed by atoms with Crippen LogP contribution in [0.3, 0.4) is 0 Å². The van der Waals surface area contributed by atoms with E-state index in [2.05, 4.69) is 10.3 Å². The minimum atomic E-state index is -0.564. The number of nitrogens with zero attached hydrogens (tertiary/aromatic N) is 3. The van der Waals surface area contributed by atoms with E-state index in [1.807, 2.05) is 6.26 Å². The SMILES string of the molecule is CNc1ncc([N+](=O)[O-])cc1C(=O)N(C)CCSC. The molecule has 0 unspecified atom stereocenters. The highest BCUT2D eigenvalue weighted by molar-refractivity contribution is 7.98. The number of hydrogen-bond donors (Lipinski definition) is 1. The molecule has 1 rings (SSSR count). The predicted octanol–water partition coefficient (Wildman–Crippen LogP) is 1.47. The average Bonchev–Trinajstić information content (AvgIpc) is 2.42. The van der Waals surface area contributed by atoms with Crippen LogP contribution in [0.2, 0.25) is 0 Å². The molecular weight excluding hydrogens is 268 g/mol. The van der Waals surface area contributed by atoms with Crippen LogP contribution >= 0.6 is 11.8 Å². The Labute approximate surface area is 115 Å². The van der Waals surface area contributed by atoms with E-state index in [0.717, 1.165) is 11.9 Å². The van der Waals surface area contributed by atoms with Crippen molar-refractivity contribution in [1.29, 1.82) is 0 Å². The van der Waals surface area contributed by atoms with Gasteiger partial charge in [-0.05, 0) is 6.26 Å². The van der Waals surface area contributed by atoms with E-state index >= 15 is 0 Å². The van der Waals surface area contributed by atoms with Crippen molar-refractivity contribution in [2.24, 2.45) is 0 Å². The Morgan fingerprint density at radius 1 is 1.63 bits per heavy atom. The van der Waals surface area contributed by atoms with Crippen molar-refractivity contribution in [3.05, 3.63) is 27.9 Å². The third-order valence-electron chi connectivity index (χ3n) is 2.53. The topological polar surface area (TPSA) is 88.4 Å². The summed E-state index contributed by atoms with van der Waals surface area (Å²) in [5.74, 6) is 0.862. The van der Waals surface area contributed by atoms with Crippen molar-refractivity contribution >= 4 is 29.2 Å². The van der Waals surface area contributed by atoms with Crippen molar-refractivity contribution in [3.8, 4) is 0 Å². The lowest BCUT2D eigenvalue weighted by Crippen LogP contribution is -2.29. The van der Waals surface area contributed by atoms with E-state index in [0.29, 0.717) is 12.4 Å². The molecule has 0 saturated heterocycles. The summed E-state index contributed by atoms with van der Waals surface area (Å²) >= 11 is 1.63. The maximum Gasteiger partial charge on any atom is 0.288 e. The first-order valence-corrected chi connectivity index (χ1v) is 6.97. The first-order chi connectivity index (χ1) is 9.01. The molecule has 0 spiro atoms. The zero-order valence-corrected chi connectivity index (χ0v) is 11.9. The highest BCUT2D eigenvalue weighted by Crippen LogP contribution is 2.20. The second kappa shape index (κ2) is 6.93. The molecule has 1 N–H and O–H groups in total. The highest BCUT2D eigenvalue weighted by atomic mass is 32.2. The molecule has 0 bridgehead atoms. The van der Waals surface area contributed by atoms with Gasteiger partial charge in [-0.2, -0.15) is 11.8 Å². The van der Waals surface area contributed by atoms with Gasteiger partial charge in [-0.1, -0.05) is 0 Å². The molecule has 0 aliphatic heterocycles. The van der Waals surface area contributed by atoms with Gasteiger partial charge in [0, 0.05) is 32.5 Å². The quantitative estimate of drug-likeness (QED) is 0.628. The van der Waals surface area contributed by atoms with E-state index in [4.69, 9.17) is 0 Å². The van der Waals surface area contributed by atoms with Gasteiger partial charge in [-0.15, -0.1) is 0 Å². The number of amides is 1. The van der Waals surface area contributed by atoms with Crippen LogP contribution in [0.5, 0.6) is 0 Å². The normalized spacial score (nSPS) is 10.1. The fraction of sp³-hybridized carbons (Fsp3) is 0.455. The third kappa shape index (κ3) is 3.82. The smallest absolute Gasteiger partial charge is 0.288 e. The van der Waals surface area contributed by atoms with Crippen molar-refractivity contribution in [2.45, 2.75) is 0 Å². The minimum absolute atomic E-state index is 0.194. The number of rotatable bonds is 6. The summed E-state index contributed by atoms with van der Waals surface area (Å²) in [5.41, 5.74) is 0.0147. The van der Waals surface area contributed by atoms with Crippen LogP contribution in [-0.2, 0) is 0 Å². The van der Waals surface area contributed by atoms with Gasteiger partial charge in [0.05, 0.1) is 10.5 Å². The number of thioether (sulfide) groups is 1. The average molecular weight is 284 g/mol. The lowest BCUT2D eigenvalue weighted by atomic mass is 10.2. The summed E-state index contributed by atoms with van der Waals surface area (Å²) in [6.45, 7) is 0.575. The Morgan fingerprint density at radius 2 is 2.32 bits per heavy atom. The van der Waals surface area contributed by atoms with E-state index < -0.39 is 4.92 Å². The molecule has 1 amide bonds. The summed E-state index contributed by atoms with van der Waals surface area (Å²) in [6, 6.07) is 1.25. The summed E-state index contributed by atoms with van der Waals surface area (Å²) in [6.07, 6.45) is 3.08. The second-order valence-electron chi connectivity index (χ2n) is 3.82. The Balaban J connectivity index is 3.05. The van der Waals surface area contributed by atoms with Crippen molar-refractivity contribution in [2.75, 3.05) is 38.0 Å². The number of nitrogens with one attached hydrogen (secondary N) is 1. The van der Waals surface area contributed by atoms with Crippen LogP contribution in [0.1, 0.15) is 10.4 Å². The standard InChI is InChI=1S/C11H16N4O3S/c1-12-10-9(6-8(7-13-10)15(17)18)11(16)14(2)4-5-19-3/h6-7H,4-5H2,1-3H3,(H,12,13). The summed E-state index contributed by atoms with van der Waals surface area (Å²) in [7, 11) is 3.28. The first kappa shape index (κ1) is 15.2. The number of nitro groups is 1. The fourth-order valence-electron chi connectivity index (χ4n) is 1.45. The molecule has 19 heavy (non-hydrogen) atoms. The number of carbonyl (C=O) groups is 1. The molecule has 0 saturated carbocycles. The Morgan fingerprint density at radius 3 is 2.84 bits per heavy atom. The minimum Gasteiger partial charge on any atom is -0.372 e. The van der Waals surface area contributed by atoms with Gasteiger partial charge < -0.3 is 10.2 Å². The van der Waals surface area contributed by atoms with Crippen molar-refractivity contribution < 1.29 is 9.72 Å². The summed E-state index contributed by atoms with van der Waals surface area (Å²) in [5, 5.41) is 13.5. The van der Waals surface area contributed by atoms with Gasteiger partial charge in [0.15, 0.2) is 0 Å². The Kier molecular flexibility index (Phi) is 5.56. The van der Waals surface area contributed by atoms with Gasteiger partial charge in [0.2, 0.25) is 0 Å². The Hall–Kier alpha value is -1.83. The molecule has 104 valence electrons. The lowest BCUT2D eigenvalue weighted by Gasteiger charge is -2.17. The number of carbonyl (C=O) groups excluding carboxylic acids is 1. The predicted molar refractivity (Wildman–Crippen MR) is 75.8 cm³/mol. The molecule has 0 aromatic carbocycles. The van der Waals surface area contributed by atoms with Crippen LogP contribution in [0, 0.1) is 10.1 Å². The molecule has 0 fully saturated rings. The van der Waals surface area contributed by atoms with E-state index in [-0.39, 0.29) is 17.2 Å². The molecule has 0 aliphatic rings. The largest absolute Gasteiger partial charge is 0.372 e. The second-order valence-corrected chi connectivity index (χ2v) is 4.80. The zero-order chi connectivity index (χ0) is 14.4. The van der Waals surface area contributed by atoms with Crippen molar-refractivity contribution in [3.63, 3.8) is 0 Å². The van der Waals surface area contributed by atoms with Gasteiger partial charge in [-0.3, -0.25) is 14.9 Å². The summed E-state index contributed by atoms with van der Waals surface area (Å²) < 4.78 is 0. The molecule has 1 aromatic heterocycles.